The molecule has 0 saturated carbocycles. The minimum atomic E-state index is -1.23. The number of carbonyl (C=O) groups excluding carboxylic acids is 3. The Hall–Kier alpha value is -3.82. The van der Waals surface area contributed by atoms with E-state index in [0.29, 0.717) is 0 Å². The normalized spacial score (nSPS) is 12.5. The van der Waals surface area contributed by atoms with Crippen molar-refractivity contribution in [3.8, 4) is 0 Å². The maximum atomic E-state index is 13.0. The van der Waals surface area contributed by atoms with Gasteiger partial charge in [0.15, 0.2) is 6.10 Å². The molecule has 0 aliphatic carbocycles. The Morgan fingerprint density at radius 2 is 1.71 bits per heavy atom. The number of hydrogen-bond acceptors (Lipinski definition) is 6. The van der Waals surface area contributed by atoms with Gasteiger partial charge in [0.05, 0.1) is 4.92 Å². The molecule has 0 bridgehead atoms. The molecule has 0 saturated heterocycles. The first kappa shape index (κ1) is 23.5. The number of non-ortho nitro benzene ring substituents is 1. The molecule has 0 aliphatic heterocycles. The van der Waals surface area contributed by atoms with E-state index in [-0.39, 0.29) is 22.9 Å². The SMILES string of the molecule is CC(C)[C@@H](NC(=O)c1ccc(F)cc1)C(=O)O[C@@H](C)C(=O)Nc1cccc([N+](=O)[O-])c1. The quantitative estimate of drug-likeness (QED) is 0.376. The average molecular weight is 431 g/mol. The third-order valence-corrected chi connectivity index (χ3v) is 4.30. The van der Waals surface area contributed by atoms with Crippen molar-refractivity contribution in [1.29, 1.82) is 0 Å². The van der Waals surface area contributed by atoms with Gasteiger partial charge < -0.3 is 15.4 Å². The number of halogens is 1. The summed E-state index contributed by atoms with van der Waals surface area (Å²) in [5.41, 5.74) is 0.134. The van der Waals surface area contributed by atoms with E-state index in [9.17, 15) is 28.9 Å². The van der Waals surface area contributed by atoms with Gasteiger partial charge in [-0.3, -0.25) is 19.7 Å². The number of esters is 1. The van der Waals surface area contributed by atoms with Gasteiger partial charge in [0.25, 0.3) is 17.5 Å². The number of nitrogens with zero attached hydrogens (tertiary/aromatic N) is 1. The number of carbonyl (C=O) groups is 3. The summed E-state index contributed by atoms with van der Waals surface area (Å²) >= 11 is 0. The fraction of sp³-hybridized carbons (Fsp3) is 0.286. The number of rotatable bonds is 8. The number of nitro groups is 1. The zero-order chi connectivity index (χ0) is 23.1. The fourth-order valence-electron chi connectivity index (χ4n) is 2.57. The lowest BCUT2D eigenvalue weighted by Gasteiger charge is -2.23. The average Bonchev–Trinajstić information content (AvgIpc) is 2.72. The summed E-state index contributed by atoms with van der Waals surface area (Å²) in [6, 6.07) is 9.07. The molecule has 2 aromatic carbocycles. The summed E-state index contributed by atoms with van der Waals surface area (Å²) in [6.07, 6.45) is -1.23. The van der Waals surface area contributed by atoms with Crippen LogP contribution in [-0.4, -0.2) is 34.9 Å². The molecular weight excluding hydrogens is 409 g/mol. The van der Waals surface area contributed by atoms with Crippen LogP contribution >= 0.6 is 0 Å². The van der Waals surface area contributed by atoms with Gasteiger partial charge in [-0.25, -0.2) is 9.18 Å². The molecule has 0 fully saturated rings. The van der Waals surface area contributed by atoms with Gasteiger partial charge in [-0.2, -0.15) is 0 Å². The second-order valence-electron chi connectivity index (χ2n) is 7.08. The summed E-state index contributed by atoms with van der Waals surface area (Å²) < 4.78 is 18.2. The Bertz CT molecular complexity index is 977. The van der Waals surface area contributed by atoms with E-state index in [0.717, 1.165) is 12.1 Å². The maximum Gasteiger partial charge on any atom is 0.329 e. The topological polar surface area (TPSA) is 128 Å². The maximum absolute atomic E-state index is 13.0. The molecular formula is C21H22FN3O6. The molecule has 10 heteroatoms. The van der Waals surface area contributed by atoms with Crippen molar-refractivity contribution in [2.75, 3.05) is 5.32 Å². The van der Waals surface area contributed by atoms with Crippen LogP contribution in [0.4, 0.5) is 15.8 Å². The fourth-order valence-corrected chi connectivity index (χ4v) is 2.57. The van der Waals surface area contributed by atoms with Gasteiger partial charge in [-0.05, 0) is 43.2 Å². The Kier molecular flexibility index (Phi) is 7.78. The highest BCUT2D eigenvalue weighted by Gasteiger charge is 2.29. The van der Waals surface area contributed by atoms with Crippen molar-refractivity contribution in [2.24, 2.45) is 5.92 Å². The lowest BCUT2D eigenvalue weighted by molar-refractivity contribution is -0.384. The molecule has 164 valence electrons. The molecule has 0 aromatic heterocycles. The highest BCUT2D eigenvalue weighted by molar-refractivity contribution is 5.98. The van der Waals surface area contributed by atoms with E-state index in [2.05, 4.69) is 10.6 Å². The van der Waals surface area contributed by atoms with Gasteiger partial charge in [0, 0.05) is 23.4 Å². The van der Waals surface area contributed by atoms with Crippen molar-refractivity contribution >= 4 is 29.2 Å². The van der Waals surface area contributed by atoms with Crippen LogP contribution in [0.1, 0.15) is 31.1 Å². The van der Waals surface area contributed by atoms with Crippen LogP contribution < -0.4 is 10.6 Å². The number of amides is 2. The highest BCUT2D eigenvalue weighted by Crippen LogP contribution is 2.17. The molecule has 2 rings (SSSR count). The van der Waals surface area contributed by atoms with Crippen LogP contribution in [0.5, 0.6) is 0 Å². The van der Waals surface area contributed by atoms with E-state index < -0.39 is 40.7 Å². The zero-order valence-electron chi connectivity index (χ0n) is 17.1. The van der Waals surface area contributed by atoms with E-state index in [1.807, 2.05) is 0 Å². The Labute approximate surface area is 177 Å². The first-order valence-corrected chi connectivity index (χ1v) is 9.40. The van der Waals surface area contributed by atoms with Crippen LogP contribution in [-0.2, 0) is 14.3 Å². The standard InChI is InChI=1S/C21H22FN3O6/c1-12(2)18(24-20(27)14-7-9-15(22)10-8-14)21(28)31-13(3)19(26)23-16-5-4-6-17(11-16)25(29)30/h4-13,18H,1-3H3,(H,23,26)(H,24,27)/t13-,18+/m0/s1. The van der Waals surface area contributed by atoms with Gasteiger partial charge in [0.2, 0.25) is 0 Å². The van der Waals surface area contributed by atoms with Crippen molar-refractivity contribution in [3.63, 3.8) is 0 Å². The van der Waals surface area contributed by atoms with E-state index >= 15 is 0 Å². The van der Waals surface area contributed by atoms with Gasteiger partial charge in [-0.1, -0.05) is 19.9 Å². The van der Waals surface area contributed by atoms with Crippen LogP contribution in [0.25, 0.3) is 0 Å². The molecule has 0 heterocycles. The molecule has 2 aromatic rings. The number of nitrogens with one attached hydrogen (secondary N) is 2. The van der Waals surface area contributed by atoms with Crippen molar-refractivity contribution in [3.05, 3.63) is 70.0 Å². The van der Waals surface area contributed by atoms with E-state index in [1.54, 1.807) is 13.8 Å². The second kappa shape index (κ2) is 10.3. The summed E-state index contributed by atoms with van der Waals surface area (Å²) in [5, 5.41) is 15.8. The van der Waals surface area contributed by atoms with Gasteiger partial charge in [0.1, 0.15) is 11.9 Å². The summed E-state index contributed by atoms with van der Waals surface area (Å²) in [6.45, 7) is 4.71. The zero-order valence-corrected chi connectivity index (χ0v) is 17.1. The number of hydrogen-bond donors (Lipinski definition) is 2. The van der Waals surface area contributed by atoms with E-state index in [1.165, 1.54) is 43.3 Å². The number of ether oxygens (including phenoxy) is 1. The Balaban J connectivity index is 2.01. The lowest BCUT2D eigenvalue weighted by atomic mass is 10.0. The monoisotopic (exact) mass is 431 g/mol. The summed E-state index contributed by atoms with van der Waals surface area (Å²) in [5.74, 6) is -2.97. The molecule has 0 radical (unpaired) electrons. The van der Waals surface area contributed by atoms with Crippen LogP contribution in [0.2, 0.25) is 0 Å². The second-order valence-corrected chi connectivity index (χ2v) is 7.08. The van der Waals surface area contributed by atoms with Crippen LogP contribution in [0.15, 0.2) is 48.5 Å². The Morgan fingerprint density at radius 1 is 1.06 bits per heavy atom. The third kappa shape index (κ3) is 6.59. The molecule has 2 atom stereocenters. The van der Waals surface area contributed by atoms with Gasteiger partial charge >= 0.3 is 5.97 Å². The predicted octanol–water partition coefficient (Wildman–Crippen LogP) is 3.06. The Morgan fingerprint density at radius 3 is 2.29 bits per heavy atom. The highest BCUT2D eigenvalue weighted by atomic mass is 19.1. The molecule has 0 spiro atoms. The first-order valence-electron chi connectivity index (χ1n) is 9.40. The number of nitro benzene ring substituents is 1. The van der Waals surface area contributed by atoms with E-state index in [4.69, 9.17) is 4.74 Å². The smallest absolute Gasteiger partial charge is 0.329 e. The first-order chi connectivity index (χ1) is 14.6. The molecule has 0 aliphatic rings. The molecule has 2 amide bonds. The van der Waals surface area contributed by atoms with Crippen LogP contribution in [0.3, 0.4) is 0 Å². The molecule has 9 nitrogen and oxygen atoms in total. The predicted molar refractivity (Wildman–Crippen MR) is 110 cm³/mol. The largest absolute Gasteiger partial charge is 0.451 e. The summed E-state index contributed by atoms with van der Waals surface area (Å²) in [7, 11) is 0. The molecule has 0 unspecified atom stereocenters. The lowest BCUT2D eigenvalue weighted by Crippen LogP contribution is -2.47. The minimum absolute atomic E-state index is 0.163. The van der Waals surface area contributed by atoms with Crippen LogP contribution in [0, 0.1) is 21.8 Å². The minimum Gasteiger partial charge on any atom is -0.451 e. The molecule has 31 heavy (non-hydrogen) atoms. The van der Waals surface area contributed by atoms with Gasteiger partial charge in [-0.15, -0.1) is 0 Å². The van der Waals surface area contributed by atoms with Crippen molar-refractivity contribution in [2.45, 2.75) is 32.9 Å². The number of benzene rings is 2. The number of anilines is 1. The van der Waals surface area contributed by atoms with Crippen molar-refractivity contribution < 1.29 is 28.4 Å². The molecule has 2 N–H and O–H groups in total. The van der Waals surface area contributed by atoms with Crippen molar-refractivity contribution in [1.82, 2.24) is 5.32 Å². The third-order valence-electron chi connectivity index (χ3n) is 4.30. The summed E-state index contributed by atoms with van der Waals surface area (Å²) in [4.78, 5) is 47.4.